The molecular weight excluding hydrogens is 396 g/mol. The fraction of sp³-hybridized carbons (Fsp3) is 0.375. The van der Waals surface area contributed by atoms with Crippen molar-refractivity contribution in [1.82, 2.24) is 4.90 Å². The zero-order valence-corrected chi connectivity index (χ0v) is 17.9. The summed E-state index contributed by atoms with van der Waals surface area (Å²) in [5.41, 5.74) is 3.69. The standard InChI is InChI=1S/C24H24N2O5/c1-24(2,3)30-23(28)26-19-15-7-5-6-8-16(15)20(26)21-17(19)18(25-31-21)13-9-11-14(12-10-13)22(27)29-4/h5-12,17,19-21H,1-4H3/t17-,19-,20+,21-/m0/s1. The van der Waals surface area contributed by atoms with E-state index in [-0.39, 0.29) is 36.2 Å². The lowest BCUT2D eigenvalue weighted by atomic mass is 9.78. The van der Waals surface area contributed by atoms with Crippen LogP contribution in [0.1, 0.15) is 59.9 Å². The van der Waals surface area contributed by atoms with Crippen molar-refractivity contribution in [3.63, 3.8) is 0 Å². The fourth-order valence-corrected chi connectivity index (χ4v) is 4.89. The van der Waals surface area contributed by atoms with Crippen molar-refractivity contribution >= 4 is 17.8 Å². The van der Waals surface area contributed by atoms with E-state index in [9.17, 15) is 9.59 Å². The number of ether oxygens (including phenoxy) is 2. The van der Waals surface area contributed by atoms with Crippen LogP contribution >= 0.6 is 0 Å². The van der Waals surface area contributed by atoms with Gasteiger partial charge in [0.15, 0.2) is 6.10 Å². The molecule has 5 rings (SSSR count). The predicted octanol–water partition coefficient (Wildman–Crippen LogP) is 4.24. The molecule has 4 atom stereocenters. The monoisotopic (exact) mass is 420 g/mol. The Bertz CT molecular complexity index is 1090. The highest BCUT2D eigenvalue weighted by molar-refractivity contribution is 6.05. The molecular formula is C24H24N2O5. The molecule has 0 saturated carbocycles. The number of oxime groups is 1. The average molecular weight is 420 g/mol. The van der Waals surface area contributed by atoms with Crippen LogP contribution in [0.15, 0.2) is 53.7 Å². The third-order valence-corrected chi connectivity index (χ3v) is 6.03. The summed E-state index contributed by atoms with van der Waals surface area (Å²) < 4.78 is 10.5. The second-order valence-electron chi connectivity index (χ2n) is 9.05. The van der Waals surface area contributed by atoms with E-state index < -0.39 is 5.60 Å². The highest BCUT2D eigenvalue weighted by Crippen LogP contribution is 2.60. The van der Waals surface area contributed by atoms with E-state index in [1.165, 1.54) is 7.11 Å². The molecule has 1 fully saturated rings. The molecule has 0 aromatic heterocycles. The normalized spacial score (nSPS) is 25.4. The Morgan fingerprint density at radius 1 is 1.00 bits per heavy atom. The minimum Gasteiger partial charge on any atom is -0.465 e. The summed E-state index contributed by atoms with van der Waals surface area (Å²) in [5, 5.41) is 4.40. The maximum Gasteiger partial charge on any atom is 0.411 e. The Balaban J connectivity index is 1.52. The van der Waals surface area contributed by atoms with Crippen LogP contribution in [0.4, 0.5) is 4.79 Å². The minimum atomic E-state index is -0.595. The van der Waals surface area contributed by atoms with Gasteiger partial charge in [0.1, 0.15) is 11.6 Å². The summed E-state index contributed by atoms with van der Waals surface area (Å²) in [4.78, 5) is 32.6. The Hall–Kier alpha value is -3.35. The van der Waals surface area contributed by atoms with Gasteiger partial charge < -0.3 is 14.3 Å². The van der Waals surface area contributed by atoms with E-state index in [1.807, 2.05) is 56.0 Å². The summed E-state index contributed by atoms with van der Waals surface area (Å²) in [6.07, 6.45) is -0.625. The minimum absolute atomic E-state index is 0.114. The van der Waals surface area contributed by atoms with Crippen LogP contribution in [0.25, 0.3) is 0 Å². The Morgan fingerprint density at radius 3 is 2.26 bits per heavy atom. The van der Waals surface area contributed by atoms with Gasteiger partial charge in [-0.2, -0.15) is 0 Å². The lowest BCUT2D eigenvalue weighted by Crippen LogP contribution is -2.36. The number of esters is 1. The average Bonchev–Trinajstić information content (AvgIpc) is 3.40. The van der Waals surface area contributed by atoms with Crippen LogP contribution in [0, 0.1) is 5.92 Å². The first kappa shape index (κ1) is 19.6. The SMILES string of the molecule is COC(=O)c1ccc(C2=NO[C@H]3[C@@H]2[C@@H]2c4ccccc4[C@H]3N2C(=O)OC(C)(C)C)cc1. The second kappa shape index (κ2) is 6.83. The molecule has 7 heteroatoms. The topological polar surface area (TPSA) is 77.4 Å². The third kappa shape index (κ3) is 2.99. The number of nitrogens with zero attached hydrogens (tertiary/aromatic N) is 2. The Morgan fingerprint density at radius 2 is 1.65 bits per heavy atom. The predicted molar refractivity (Wildman–Crippen MR) is 113 cm³/mol. The molecule has 3 aliphatic heterocycles. The van der Waals surface area contributed by atoms with Crippen molar-refractivity contribution < 1.29 is 23.9 Å². The molecule has 0 aliphatic carbocycles. The quantitative estimate of drug-likeness (QED) is 0.679. The van der Waals surface area contributed by atoms with Crippen LogP contribution < -0.4 is 0 Å². The number of hydrogen-bond donors (Lipinski definition) is 0. The number of carbonyl (C=O) groups excluding carboxylic acids is 2. The van der Waals surface area contributed by atoms with Gasteiger partial charge in [0.05, 0.1) is 30.3 Å². The highest BCUT2D eigenvalue weighted by Gasteiger charge is 2.64. The maximum atomic E-state index is 13.2. The molecule has 0 N–H and O–H groups in total. The van der Waals surface area contributed by atoms with E-state index in [0.29, 0.717) is 5.56 Å². The van der Waals surface area contributed by atoms with Gasteiger partial charge in [-0.15, -0.1) is 0 Å². The summed E-state index contributed by atoms with van der Waals surface area (Å²) >= 11 is 0. The van der Waals surface area contributed by atoms with Crippen LogP contribution in [-0.4, -0.2) is 41.5 Å². The number of carbonyl (C=O) groups is 2. The fourth-order valence-electron chi connectivity index (χ4n) is 4.89. The molecule has 1 saturated heterocycles. The van der Waals surface area contributed by atoms with Gasteiger partial charge in [-0.3, -0.25) is 4.90 Å². The van der Waals surface area contributed by atoms with E-state index in [1.54, 1.807) is 12.1 Å². The van der Waals surface area contributed by atoms with Gasteiger partial charge >= 0.3 is 12.1 Å². The molecule has 3 heterocycles. The van der Waals surface area contributed by atoms with Crippen molar-refractivity contribution in [3.05, 3.63) is 70.8 Å². The molecule has 0 radical (unpaired) electrons. The Kier molecular flexibility index (Phi) is 4.32. The molecule has 2 aromatic carbocycles. The van der Waals surface area contributed by atoms with Crippen LogP contribution in [0.3, 0.4) is 0 Å². The molecule has 2 aromatic rings. The summed E-state index contributed by atoms with van der Waals surface area (Å²) in [7, 11) is 1.35. The van der Waals surface area contributed by atoms with Crippen LogP contribution in [0.5, 0.6) is 0 Å². The third-order valence-electron chi connectivity index (χ3n) is 6.03. The number of hydrogen-bond acceptors (Lipinski definition) is 6. The van der Waals surface area contributed by atoms with Crippen molar-refractivity contribution in [2.24, 2.45) is 11.1 Å². The van der Waals surface area contributed by atoms with Crippen LogP contribution in [-0.2, 0) is 14.3 Å². The summed E-state index contributed by atoms with van der Waals surface area (Å²) in [6.45, 7) is 5.59. The smallest absolute Gasteiger partial charge is 0.411 e. The van der Waals surface area contributed by atoms with E-state index in [2.05, 4.69) is 11.2 Å². The van der Waals surface area contributed by atoms with Crippen molar-refractivity contribution in [3.8, 4) is 0 Å². The summed E-state index contributed by atoms with van der Waals surface area (Å²) in [6, 6.07) is 14.7. The number of amides is 1. The number of fused-ring (bicyclic) bond motifs is 8. The first-order valence-electron chi connectivity index (χ1n) is 10.3. The first-order chi connectivity index (χ1) is 14.8. The first-order valence-corrected chi connectivity index (χ1v) is 10.3. The molecule has 3 aliphatic rings. The molecule has 7 nitrogen and oxygen atoms in total. The van der Waals surface area contributed by atoms with Gasteiger partial charge in [-0.25, -0.2) is 9.59 Å². The largest absolute Gasteiger partial charge is 0.465 e. The Labute approximate surface area is 180 Å². The molecule has 0 unspecified atom stereocenters. The van der Waals surface area contributed by atoms with Gasteiger partial charge in [-0.1, -0.05) is 41.6 Å². The number of methoxy groups -OCH3 is 1. The highest BCUT2D eigenvalue weighted by atomic mass is 16.6. The molecule has 2 bridgehead atoms. The second-order valence-corrected chi connectivity index (χ2v) is 9.05. The van der Waals surface area contributed by atoms with Crippen molar-refractivity contribution in [2.75, 3.05) is 7.11 Å². The molecule has 1 amide bonds. The molecule has 31 heavy (non-hydrogen) atoms. The van der Waals surface area contributed by atoms with Gasteiger partial charge in [0.25, 0.3) is 0 Å². The lowest BCUT2D eigenvalue weighted by Gasteiger charge is -2.28. The maximum absolute atomic E-state index is 13.2. The van der Waals surface area contributed by atoms with E-state index in [4.69, 9.17) is 14.3 Å². The molecule has 0 spiro atoms. The molecule has 160 valence electrons. The van der Waals surface area contributed by atoms with Crippen molar-refractivity contribution in [2.45, 2.75) is 44.6 Å². The van der Waals surface area contributed by atoms with E-state index >= 15 is 0 Å². The lowest BCUT2D eigenvalue weighted by molar-refractivity contribution is 0.00340. The van der Waals surface area contributed by atoms with Gasteiger partial charge in [0, 0.05) is 0 Å². The van der Waals surface area contributed by atoms with Crippen molar-refractivity contribution in [1.29, 1.82) is 0 Å². The van der Waals surface area contributed by atoms with Crippen LogP contribution in [0.2, 0.25) is 0 Å². The number of benzene rings is 2. The van der Waals surface area contributed by atoms with Gasteiger partial charge in [-0.05, 0) is 49.6 Å². The summed E-state index contributed by atoms with van der Waals surface area (Å²) in [5.74, 6) is -0.504. The number of rotatable bonds is 2. The van der Waals surface area contributed by atoms with E-state index in [0.717, 1.165) is 22.4 Å². The zero-order chi connectivity index (χ0) is 21.9. The van der Waals surface area contributed by atoms with Gasteiger partial charge in [0.2, 0.25) is 0 Å². The zero-order valence-electron chi connectivity index (χ0n) is 17.9.